The first kappa shape index (κ1) is 15.8. The molecule has 1 unspecified atom stereocenters. The zero-order chi connectivity index (χ0) is 15.5. The van der Waals surface area contributed by atoms with Crippen LogP contribution < -0.4 is 10.1 Å². The predicted octanol–water partition coefficient (Wildman–Crippen LogP) is 1.11. The van der Waals surface area contributed by atoms with Gasteiger partial charge in [0.05, 0.1) is 25.4 Å². The summed E-state index contributed by atoms with van der Waals surface area (Å²) in [5.41, 5.74) is 1.21. The van der Waals surface area contributed by atoms with E-state index in [1.54, 1.807) is 0 Å². The van der Waals surface area contributed by atoms with E-state index in [-0.39, 0.29) is 25.0 Å². The molecule has 5 heteroatoms. The highest BCUT2D eigenvalue weighted by atomic mass is 16.5. The summed E-state index contributed by atoms with van der Waals surface area (Å²) in [6.07, 6.45) is 1.29. The van der Waals surface area contributed by atoms with E-state index in [1.165, 1.54) is 6.92 Å². The number of nitrogens with one attached hydrogen (secondary N) is 1. The molecule has 0 bridgehead atoms. The van der Waals surface area contributed by atoms with Gasteiger partial charge >= 0.3 is 0 Å². The Morgan fingerprint density at radius 3 is 2.76 bits per heavy atom. The Labute approximate surface area is 124 Å². The number of aliphatic hydroxyl groups is 2. The molecule has 0 saturated carbocycles. The minimum atomic E-state index is -0.990. The van der Waals surface area contributed by atoms with Crippen LogP contribution in [0.15, 0.2) is 18.2 Å². The molecule has 1 aromatic carbocycles. The highest BCUT2D eigenvalue weighted by Crippen LogP contribution is 2.38. The molecule has 1 heterocycles. The third-order valence-corrected chi connectivity index (χ3v) is 4.02. The second-order valence-electron chi connectivity index (χ2n) is 5.86. The monoisotopic (exact) mass is 293 g/mol. The first-order valence-electron chi connectivity index (χ1n) is 7.23. The van der Waals surface area contributed by atoms with Crippen LogP contribution in [0.3, 0.4) is 0 Å². The summed E-state index contributed by atoms with van der Waals surface area (Å²) >= 11 is 0. The number of amides is 1. The van der Waals surface area contributed by atoms with E-state index in [4.69, 9.17) is 4.74 Å². The SMILES string of the molecule is CC(=O)NC(CO)(CO)CC1CCOc2cc(C)ccc21. The fourth-order valence-electron chi connectivity index (χ4n) is 2.94. The minimum absolute atomic E-state index is 0.139. The van der Waals surface area contributed by atoms with Crippen molar-refractivity contribution in [2.75, 3.05) is 19.8 Å². The van der Waals surface area contributed by atoms with E-state index in [1.807, 2.05) is 25.1 Å². The lowest BCUT2D eigenvalue weighted by Crippen LogP contribution is -2.54. The van der Waals surface area contributed by atoms with E-state index in [9.17, 15) is 15.0 Å². The second-order valence-corrected chi connectivity index (χ2v) is 5.86. The van der Waals surface area contributed by atoms with Crippen molar-refractivity contribution in [3.05, 3.63) is 29.3 Å². The quantitative estimate of drug-likeness (QED) is 0.760. The van der Waals surface area contributed by atoms with Gasteiger partial charge in [-0.15, -0.1) is 0 Å². The Morgan fingerprint density at radius 2 is 2.14 bits per heavy atom. The van der Waals surface area contributed by atoms with Gasteiger partial charge in [0.2, 0.25) is 5.91 Å². The molecule has 0 saturated heterocycles. The summed E-state index contributed by atoms with van der Waals surface area (Å²) in [4.78, 5) is 11.4. The van der Waals surface area contributed by atoms with Gasteiger partial charge in [-0.05, 0) is 42.9 Å². The standard InChI is InChI=1S/C16H23NO4/c1-11-3-4-14-13(5-6-21-15(14)7-11)8-16(9-18,10-19)17-12(2)20/h3-4,7,13,18-19H,5-6,8-10H2,1-2H3,(H,17,20). The zero-order valence-corrected chi connectivity index (χ0v) is 12.6. The fraction of sp³-hybridized carbons (Fsp3) is 0.562. The Morgan fingerprint density at radius 1 is 1.43 bits per heavy atom. The van der Waals surface area contributed by atoms with Crippen LogP contribution in [0.5, 0.6) is 5.75 Å². The molecule has 1 amide bonds. The first-order chi connectivity index (χ1) is 9.99. The van der Waals surface area contributed by atoms with E-state index in [0.29, 0.717) is 13.0 Å². The Kier molecular flexibility index (Phi) is 4.85. The van der Waals surface area contributed by atoms with Gasteiger partial charge in [0, 0.05) is 6.92 Å². The van der Waals surface area contributed by atoms with Crippen LogP contribution in [-0.2, 0) is 4.79 Å². The molecule has 1 aliphatic rings. The first-order valence-corrected chi connectivity index (χ1v) is 7.23. The average molecular weight is 293 g/mol. The molecule has 0 spiro atoms. The van der Waals surface area contributed by atoms with Crippen molar-refractivity contribution in [3.8, 4) is 5.75 Å². The van der Waals surface area contributed by atoms with Crippen molar-refractivity contribution in [1.82, 2.24) is 5.32 Å². The summed E-state index contributed by atoms with van der Waals surface area (Å²) < 4.78 is 5.69. The maximum absolute atomic E-state index is 11.4. The summed E-state index contributed by atoms with van der Waals surface area (Å²) in [6, 6.07) is 6.06. The van der Waals surface area contributed by atoms with Crippen molar-refractivity contribution in [1.29, 1.82) is 0 Å². The smallest absolute Gasteiger partial charge is 0.217 e. The van der Waals surface area contributed by atoms with E-state index < -0.39 is 5.54 Å². The van der Waals surface area contributed by atoms with Crippen LogP contribution >= 0.6 is 0 Å². The molecular formula is C16H23NO4. The molecule has 0 radical (unpaired) electrons. The summed E-state index contributed by atoms with van der Waals surface area (Å²) in [7, 11) is 0. The number of carbonyl (C=O) groups is 1. The van der Waals surface area contributed by atoms with Gasteiger partial charge in [-0.2, -0.15) is 0 Å². The normalized spacial score (nSPS) is 17.8. The van der Waals surface area contributed by atoms with E-state index in [2.05, 4.69) is 5.32 Å². The zero-order valence-electron chi connectivity index (χ0n) is 12.6. The predicted molar refractivity (Wildman–Crippen MR) is 79.4 cm³/mol. The van der Waals surface area contributed by atoms with Crippen LogP contribution in [0.25, 0.3) is 0 Å². The second kappa shape index (κ2) is 6.45. The summed E-state index contributed by atoms with van der Waals surface area (Å²) in [5.74, 6) is 0.744. The minimum Gasteiger partial charge on any atom is -0.493 e. The fourth-order valence-corrected chi connectivity index (χ4v) is 2.94. The molecule has 5 nitrogen and oxygen atoms in total. The lowest BCUT2D eigenvalue weighted by molar-refractivity contribution is -0.122. The molecular weight excluding hydrogens is 270 g/mol. The van der Waals surface area contributed by atoms with Crippen molar-refractivity contribution < 1.29 is 19.7 Å². The molecule has 1 atom stereocenters. The van der Waals surface area contributed by atoms with Crippen LogP contribution in [-0.4, -0.2) is 41.5 Å². The maximum atomic E-state index is 11.4. The summed E-state index contributed by atoms with van der Waals surface area (Å²) in [6.45, 7) is 3.43. The van der Waals surface area contributed by atoms with Gasteiger partial charge in [0.15, 0.2) is 0 Å². The van der Waals surface area contributed by atoms with Crippen molar-refractivity contribution in [2.24, 2.45) is 0 Å². The van der Waals surface area contributed by atoms with Crippen molar-refractivity contribution >= 4 is 5.91 Å². The van der Waals surface area contributed by atoms with Gasteiger partial charge in [-0.1, -0.05) is 12.1 Å². The topological polar surface area (TPSA) is 78.8 Å². The Balaban J connectivity index is 2.25. The number of aliphatic hydroxyl groups excluding tert-OH is 2. The highest BCUT2D eigenvalue weighted by Gasteiger charge is 2.35. The molecule has 2 rings (SSSR count). The van der Waals surface area contributed by atoms with Crippen LogP contribution in [0, 0.1) is 6.92 Å². The van der Waals surface area contributed by atoms with Gasteiger partial charge in [-0.3, -0.25) is 4.79 Å². The Bertz CT molecular complexity index is 511. The van der Waals surface area contributed by atoms with Crippen molar-refractivity contribution in [2.45, 2.75) is 38.1 Å². The van der Waals surface area contributed by atoms with Crippen LogP contribution in [0.2, 0.25) is 0 Å². The van der Waals surface area contributed by atoms with E-state index in [0.717, 1.165) is 23.3 Å². The molecule has 0 aromatic heterocycles. The van der Waals surface area contributed by atoms with Gasteiger partial charge in [0.1, 0.15) is 5.75 Å². The number of benzene rings is 1. The summed E-state index contributed by atoms with van der Waals surface area (Å²) in [5, 5.41) is 22.0. The molecule has 116 valence electrons. The number of fused-ring (bicyclic) bond motifs is 1. The number of aryl methyl sites for hydroxylation is 1. The van der Waals surface area contributed by atoms with Crippen molar-refractivity contribution in [3.63, 3.8) is 0 Å². The van der Waals surface area contributed by atoms with Crippen LogP contribution in [0.4, 0.5) is 0 Å². The lowest BCUT2D eigenvalue weighted by Gasteiger charge is -2.36. The number of hydrogen-bond acceptors (Lipinski definition) is 4. The molecule has 0 fully saturated rings. The van der Waals surface area contributed by atoms with Crippen LogP contribution in [0.1, 0.15) is 36.8 Å². The number of carbonyl (C=O) groups excluding carboxylic acids is 1. The highest BCUT2D eigenvalue weighted by molar-refractivity contribution is 5.73. The third-order valence-electron chi connectivity index (χ3n) is 4.02. The Hall–Kier alpha value is -1.59. The maximum Gasteiger partial charge on any atom is 0.217 e. The van der Waals surface area contributed by atoms with Gasteiger partial charge < -0.3 is 20.3 Å². The lowest BCUT2D eigenvalue weighted by atomic mass is 9.81. The number of rotatable bonds is 5. The molecule has 3 N–H and O–H groups in total. The molecule has 0 aliphatic carbocycles. The number of hydrogen-bond donors (Lipinski definition) is 3. The molecule has 1 aliphatic heterocycles. The average Bonchev–Trinajstić information content (AvgIpc) is 2.45. The number of ether oxygens (including phenoxy) is 1. The molecule has 21 heavy (non-hydrogen) atoms. The van der Waals surface area contributed by atoms with Gasteiger partial charge in [0.25, 0.3) is 0 Å². The van der Waals surface area contributed by atoms with E-state index >= 15 is 0 Å². The molecule has 1 aromatic rings. The largest absolute Gasteiger partial charge is 0.493 e. The van der Waals surface area contributed by atoms with Gasteiger partial charge in [-0.25, -0.2) is 0 Å². The third kappa shape index (κ3) is 3.54.